The molecular formula is C15H20F2N4O2S. The normalized spacial score (nSPS) is 19.4. The molecule has 24 heavy (non-hydrogen) atoms. The highest BCUT2D eigenvalue weighted by Gasteiger charge is 2.49. The predicted molar refractivity (Wildman–Crippen MR) is 91.4 cm³/mol. The topological polar surface area (TPSA) is 66.0 Å². The second kappa shape index (κ2) is 7.10. The Hall–Kier alpha value is -1.61. The van der Waals surface area contributed by atoms with Crippen molar-refractivity contribution in [3.63, 3.8) is 0 Å². The number of benzene rings is 1. The number of thioether (sulfide) groups is 1. The molecule has 0 bridgehead atoms. The summed E-state index contributed by atoms with van der Waals surface area (Å²) in [4.78, 5) is 16.6. The van der Waals surface area contributed by atoms with Gasteiger partial charge in [-0.05, 0) is 19.2 Å². The van der Waals surface area contributed by atoms with Crippen molar-refractivity contribution in [2.75, 3.05) is 54.9 Å². The quantitative estimate of drug-likeness (QED) is 0.549. The minimum absolute atomic E-state index is 0.0423. The minimum atomic E-state index is -0.584. The lowest BCUT2D eigenvalue weighted by Gasteiger charge is -2.56. The molecule has 2 N–H and O–H groups in total. The molecule has 1 aromatic carbocycles. The summed E-state index contributed by atoms with van der Waals surface area (Å²) in [5, 5.41) is 8.12. The Balaban J connectivity index is 1.63. The molecule has 0 aliphatic carbocycles. The van der Waals surface area contributed by atoms with Gasteiger partial charge in [-0.2, -0.15) is 11.8 Å². The average Bonchev–Trinajstić information content (AvgIpc) is 2.45. The molecule has 6 nitrogen and oxygen atoms in total. The van der Waals surface area contributed by atoms with Gasteiger partial charge in [-0.1, -0.05) is 0 Å². The third-order valence-corrected chi connectivity index (χ3v) is 5.99. The van der Waals surface area contributed by atoms with Gasteiger partial charge < -0.3 is 20.4 Å². The average molecular weight is 358 g/mol. The molecular weight excluding hydrogens is 338 g/mol. The molecule has 2 fully saturated rings. The van der Waals surface area contributed by atoms with E-state index in [2.05, 4.69) is 20.8 Å². The highest BCUT2D eigenvalue weighted by Crippen LogP contribution is 2.47. The Labute approximate surface area is 143 Å². The first kappa shape index (κ1) is 17.2. The van der Waals surface area contributed by atoms with Gasteiger partial charge in [-0.25, -0.2) is 8.78 Å². The molecule has 2 saturated heterocycles. The first-order valence-electron chi connectivity index (χ1n) is 7.75. The summed E-state index contributed by atoms with van der Waals surface area (Å²) in [6.07, 6.45) is -0.523. The van der Waals surface area contributed by atoms with Crippen molar-refractivity contribution in [1.82, 2.24) is 5.32 Å². The lowest BCUT2D eigenvalue weighted by Crippen LogP contribution is -2.63. The molecule has 132 valence electrons. The Bertz CT molecular complexity index is 584. The van der Waals surface area contributed by atoms with E-state index >= 15 is 0 Å². The smallest absolute Gasteiger partial charge is 0.160 e. The molecule has 2 aliphatic heterocycles. The highest BCUT2D eigenvalue weighted by atomic mass is 32.2. The summed E-state index contributed by atoms with van der Waals surface area (Å²) >= 11 is 1.87. The molecule has 1 unspecified atom stereocenters. The number of rotatable bonds is 8. The van der Waals surface area contributed by atoms with Crippen LogP contribution >= 0.6 is 11.8 Å². The van der Waals surface area contributed by atoms with E-state index in [-0.39, 0.29) is 17.6 Å². The Morgan fingerprint density at radius 2 is 2.00 bits per heavy atom. The second-order valence-electron chi connectivity index (χ2n) is 6.38. The molecule has 0 radical (unpaired) electrons. The van der Waals surface area contributed by atoms with E-state index in [1.165, 1.54) is 12.1 Å². The fraction of sp³-hybridized carbons (Fsp3) is 0.600. The van der Waals surface area contributed by atoms with Gasteiger partial charge in [0.2, 0.25) is 0 Å². The Morgan fingerprint density at radius 3 is 2.50 bits per heavy atom. The predicted octanol–water partition coefficient (Wildman–Crippen LogP) is 2.22. The van der Waals surface area contributed by atoms with Crippen molar-refractivity contribution in [3.05, 3.63) is 28.7 Å². The molecule has 2 aliphatic rings. The van der Waals surface area contributed by atoms with Crippen molar-refractivity contribution in [3.8, 4) is 0 Å². The second-order valence-corrected chi connectivity index (χ2v) is 7.36. The Morgan fingerprint density at radius 1 is 1.33 bits per heavy atom. The lowest BCUT2D eigenvalue weighted by atomic mass is 9.82. The molecule has 2 heterocycles. The van der Waals surface area contributed by atoms with Gasteiger partial charge in [0, 0.05) is 42.2 Å². The third kappa shape index (κ3) is 3.41. The zero-order valence-electron chi connectivity index (χ0n) is 13.3. The summed E-state index contributed by atoms with van der Waals surface area (Å²) in [5.74, 6) is 0.978. The van der Waals surface area contributed by atoms with E-state index in [0.717, 1.165) is 11.5 Å². The first-order valence-corrected chi connectivity index (χ1v) is 8.91. The summed E-state index contributed by atoms with van der Waals surface area (Å²) in [5.41, 5.74) is 0.611. The van der Waals surface area contributed by atoms with Crippen molar-refractivity contribution in [1.29, 1.82) is 0 Å². The van der Waals surface area contributed by atoms with Crippen LogP contribution in [0.25, 0.3) is 0 Å². The Kier molecular flexibility index (Phi) is 5.09. The van der Waals surface area contributed by atoms with Gasteiger partial charge in [-0.15, -0.1) is 4.91 Å². The standard InChI is InChI=1S/C15H20F2N4O2S/c1-18-4-11(23-20-22)5-19-10-2-12(16)14(13(17)3-10)21-6-15(7-21)8-24-9-15/h2-3,11,18-19H,4-9H2,1H3. The largest absolute Gasteiger partial charge is 0.381 e. The minimum Gasteiger partial charge on any atom is -0.381 e. The maximum atomic E-state index is 14.3. The lowest BCUT2D eigenvalue weighted by molar-refractivity contribution is 0.0655. The number of nitrogens with one attached hydrogen (secondary N) is 2. The zero-order valence-corrected chi connectivity index (χ0v) is 14.2. The first-order chi connectivity index (χ1) is 11.6. The van der Waals surface area contributed by atoms with Crippen LogP contribution in [0.1, 0.15) is 0 Å². The van der Waals surface area contributed by atoms with Gasteiger partial charge in [0.1, 0.15) is 5.69 Å². The van der Waals surface area contributed by atoms with Crippen molar-refractivity contribution >= 4 is 23.1 Å². The van der Waals surface area contributed by atoms with Crippen LogP contribution in [0, 0.1) is 22.0 Å². The van der Waals surface area contributed by atoms with Crippen LogP contribution in [0.4, 0.5) is 20.2 Å². The maximum absolute atomic E-state index is 14.3. The monoisotopic (exact) mass is 358 g/mol. The van der Waals surface area contributed by atoms with Gasteiger partial charge in [0.05, 0.1) is 6.54 Å². The van der Waals surface area contributed by atoms with Crippen LogP contribution in [0.2, 0.25) is 0 Å². The summed E-state index contributed by atoms with van der Waals surface area (Å²) in [6, 6.07) is 2.54. The van der Waals surface area contributed by atoms with Crippen molar-refractivity contribution < 1.29 is 13.6 Å². The summed E-state index contributed by atoms with van der Waals surface area (Å²) in [7, 11) is 1.70. The van der Waals surface area contributed by atoms with Crippen LogP contribution in [-0.2, 0) is 4.84 Å². The molecule has 0 amide bonds. The number of hydrogen-bond acceptors (Lipinski definition) is 7. The van der Waals surface area contributed by atoms with Crippen LogP contribution in [0.5, 0.6) is 0 Å². The molecule has 1 atom stereocenters. The van der Waals surface area contributed by atoms with E-state index in [9.17, 15) is 13.7 Å². The number of likely N-dealkylation sites (N-methyl/N-ethyl adjacent to an activating group) is 1. The number of halogens is 2. The molecule has 1 aromatic rings. The molecule has 9 heteroatoms. The van der Waals surface area contributed by atoms with Crippen LogP contribution in [0.15, 0.2) is 17.5 Å². The number of hydrogen-bond donors (Lipinski definition) is 2. The SMILES string of the molecule is CNCC(CNc1cc(F)c(N2CC3(CSC3)C2)c(F)c1)ON=O. The van der Waals surface area contributed by atoms with Gasteiger partial charge in [0.15, 0.2) is 23.1 Å². The fourth-order valence-electron chi connectivity index (χ4n) is 3.13. The van der Waals surface area contributed by atoms with Crippen LogP contribution < -0.4 is 15.5 Å². The number of nitrogens with zero attached hydrogens (tertiary/aromatic N) is 2. The van der Waals surface area contributed by atoms with E-state index in [0.29, 0.717) is 25.3 Å². The van der Waals surface area contributed by atoms with E-state index in [1.807, 2.05) is 11.8 Å². The number of anilines is 2. The third-order valence-electron chi connectivity index (χ3n) is 4.36. The van der Waals surface area contributed by atoms with Crippen molar-refractivity contribution in [2.24, 2.45) is 10.8 Å². The molecule has 0 saturated carbocycles. The van der Waals surface area contributed by atoms with Crippen molar-refractivity contribution in [2.45, 2.75) is 6.10 Å². The highest BCUT2D eigenvalue weighted by molar-refractivity contribution is 8.00. The van der Waals surface area contributed by atoms with E-state index in [4.69, 9.17) is 0 Å². The van der Waals surface area contributed by atoms with E-state index < -0.39 is 17.7 Å². The summed E-state index contributed by atoms with van der Waals surface area (Å²) in [6.45, 7) is 2.01. The fourth-order valence-corrected chi connectivity index (χ4v) is 4.28. The molecule has 0 aromatic heterocycles. The van der Waals surface area contributed by atoms with Gasteiger partial charge in [0.25, 0.3) is 0 Å². The van der Waals surface area contributed by atoms with E-state index in [1.54, 1.807) is 11.9 Å². The summed E-state index contributed by atoms with van der Waals surface area (Å²) < 4.78 is 28.7. The van der Waals surface area contributed by atoms with Gasteiger partial charge >= 0.3 is 0 Å². The molecule has 1 spiro atoms. The van der Waals surface area contributed by atoms with Crippen LogP contribution in [-0.4, -0.2) is 50.8 Å². The van der Waals surface area contributed by atoms with Gasteiger partial charge in [-0.3, -0.25) is 0 Å². The zero-order chi connectivity index (χ0) is 17.2. The molecule has 3 rings (SSSR count). The maximum Gasteiger partial charge on any atom is 0.160 e. The van der Waals surface area contributed by atoms with Crippen LogP contribution in [0.3, 0.4) is 0 Å².